The summed E-state index contributed by atoms with van der Waals surface area (Å²) in [7, 11) is 0. The number of carbonyl (C=O) groups is 1. The Morgan fingerprint density at radius 2 is 1.86 bits per heavy atom. The number of aliphatic carboxylic acids is 1. The predicted molar refractivity (Wildman–Crippen MR) is 135 cm³/mol. The third kappa shape index (κ3) is 6.53. The van der Waals surface area contributed by atoms with Gasteiger partial charge in [0.15, 0.2) is 11.7 Å². The molecule has 0 saturated carbocycles. The van der Waals surface area contributed by atoms with E-state index >= 15 is 0 Å². The number of aromatic nitrogens is 1. The van der Waals surface area contributed by atoms with Crippen LogP contribution in [0.15, 0.2) is 77.2 Å². The average molecular weight is 475 g/mol. The molecule has 0 radical (unpaired) electrons. The Bertz CT molecular complexity index is 1250. The number of ether oxygens (including phenoxy) is 2. The molecule has 4 rings (SSSR count). The summed E-state index contributed by atoms with van der Waals surface area (Å²) in [5, 5.41) is 9.32. The zero-order valence-electron chi connectivity index (χ0n) is 20.0. The first-order valence-corrected chi connectivity index (χ1v) is 11.8. The summed E-state index contributed by atoms with van der Waals surface area (Å²) in [6, 6.07) is 23.7. The Kier molecular flexibility index (Phi) is 7.88. The van der Waals surface area contributed by atoms with Gasteiger partial charge in [-0.15, -0.1) is 0 Å². The minimum absolute atomic E-state index is 0.384. The summed E-state index contributed by atoms with van der Waals surface area (Å²) in [6.07, 6.45) is 0.270. The van der Waals surface area contributed by atoms with E-state index in [2.05, 4.69) is 4.90 Å². The first kappa shape index (κ1) is 24.1. The number of para-hydroxylation sites is 1. The SMILES string of the molecule is CCC(Oc1cccc(CN(CCCOc2ccccc2)c2nc3cc(C)ccc3o2)c1)C(=O)O. The molecule has 0 fully saturated rings. The van der Waals surface area contributed by atoms with E-state index in [1.807, 2.05) is 73.7 Å². The third-order valence-electron chi connectivity index (χ3n) is 5.58. The van der Waals surface area contributed by atoms with E-state index in [1.54, 1.807) is 13.0 Å². The molecule has 35 heavy (non-hydrogen) atoms. The molecular formula is C28H30N2O5. The smallest absolute Gasteiger partial charge is 0.344 e. The standard InChI is InChI=1S/C28H30N2O5/c1-3-25(27(31)32)34-23-12-7-9-21(18-23)19-30(15-8-16-33-22-10-5-4-6-11-22)28-29-24-17-20(2)13-14-26(24)35-28/h4-7,9-14,17-18,25H,3,8,15-16,19H2,1-2H3,(H,31,32). The summed E-state index contributed by atoms with van der Waals surface area (Å²) in [5.41, 5.74) is 3.63. The third-order valence-corrected chi connectivity index (χ3v) is 5.58. The zero-order chi connectivity index (χ0) is 24.6. The van der Waals surface area contributed by atoms with Crippen LogP contribution in [0.25, 0.3) is 11.1 Å². The van der Waals surface area contributed by atoms with E-state index in [-0.39, 0.29) is 0 Å². The maximum atomic E-state index is 11.4. The second-order valence-electron chi connectivity index (χ2n) is 8.40. The molecule has 7 heteroatoms. The lowest BCUT2D eigenvalue weighted by atomic mass is 10.2. The van der Waals surface area contributed by atoms with Gasteiger partial charge in [-0.05, 0) is 67.3 Å². The van der Waals surface area contributed by atoms with Crippen LogP contribution in [0.1, 0.15) is 30.9 Å². The van der Waals surface area contributed by atoms with Crippen LogP contribution in [0.2, 0.25) is 0 Å². The van der Waals surface area contributed by atoms with Crippen LogP contribution in [-0.2, 0) is 11.3 Å². The van der Waals surface area contributed by atoms with Crippen molar-refractivity contribution in [1.82, 2.24) is 4.98 Å². The second kappa shape index (κ2) is 11.4. The molecule has 1 atom stereocenters. The van der Waals surface area contributed by atoms with Crippen molar-refractivity contribution in [3.8, 4) is 11.5 Å². The molecule has 0 aliphatic rings. The number of anilines is 1. The predicted octanol–water partition coefficient (Wildman–Crippen LogP) is 5.85. The first-order chi connectivity index (χ1) is 17.0. The van der Waals surface area contributed by atoms with Gasteiger partial charge in [0, 0.05) is 13.1 Å². The van der Waals surface area contributed by atoms with Gasteiger partial charge in [0.1, 0.15) is 17.0 Å². The highest BCUT2D eigenvalue weighted by Crippen LogP contribution is 2.25. The topological polar surface area (TPSA) is 85.0 Å². The maximum absolute atomic E-state index is 11.4. The zero-order valence-corrected chi connectivity index (χ0v) is 20.0. The van der Waals surface area contributed by atoms with Crippen LogP contribution in [0.5, 0.6) is 11.5 Å². The van der Waals surface area contributed by atoms with E-state index in [0.717, 1.165) is 34.4 Å². The van der Waals surface area contributed by atoms with Gasteiger partial charge in [-0.1, -0.05) is 43.3 Å². The van der Waals surface area contributed by atoms with Gasteiger partial charge in [0.05, 0.1) is 6.61 Å². The average Bonchev–Trinajstić information content (AvgIpc) is 3.28. The minimum Gasteiger partial charge on any atom is -0.494 e. The Morgan fingerprint density at radius 3 is 2.63 bits per heavy atom. The van der Waals surface area contributed by atoms with Crippen molar-refractivity contribution in [2.75, 3.05) is 18.1 Å². The molecule has 0 aliphatic heterocycles. The van der Waals surface area contributed by atoms with Gasteiger partial charge in [0.25, 0.3) is 6.01 Å². The molecule has 1 heterocycles. The number of fused-ring (bicyclic) bond motifs is 1. The number of aryl methyl sites for hydroxylation is 1. The molecule has 0 bridgehead atoms. The number of nitrogens with zero attached hydrogens (tertiary/aromatic N) is 2. The molecule has 0 saturated heterocycles. The second-order valence-corrected chi connectivity index (χ2v) is 8.40. The molecule has 1 aromatic heterocycles. The number of carboxylic acid groups (broad SMARTS) is 1. The Labute approximate surface area is 204 Å². The number of oxazole rings is 1. The highest BCUT2D eigenvalue weighted by atomic mass is 16.5. The summed E-state index contributed by atoms with van der Waals surface area (Å²) in [5.74, 6) is 0.391. The molecule has 3 aromatic carbocycles. The maximum Gasteiger partial charge on any atom is 0.344 e. The molecule has 0 amide bonds. The lowest BCUT2D eigenvalue weighted by molar-refractivity contribution is -0.145. The molecule has 0 spiro atoms. The van der Waals surface area contributed by atoms with E-state index < -0.39 is 12.1 Å². The molecule has 7 nitrogen and oxygen atoms in total. The highest BCUT2D eigenvalue weighted by Gasteiger charge is 2.18. The number of benzene rings is 3. The Hall–Kier alpha value is -4.00. The lowest BCUT2D eigenvalue weighted by Crippen LogP contribution is -2.27. The summed E-state index contributed by atoms with van der Waals surface area (Å²) >= 11 is 0. The van der Waals surface area contributed by atoms with Crippen molar-refractivity contribution < 1.29 is 23.8 Å². The number of rotatable bonds is 12. The molecule has 1 unspecified atom stereocenters. The van der Waals surface area contributed by atoms with Crippen LogP contribution in [-0.4, -0.2) is 35.3 Å². The van der Waals surface area contributed by atoms with E-state index in [9.17, 15) is 9.90 Å². The van der Waals surface area contributed by atoms with Crippen molar-refractivity contribution >= 4 is 23.1 Å². The van der Waals surface area contributed by atoms with Crippen molar-refractivity contribution in [3.63, 3.8) is 0 Å². The Morgan fingerprint density at radius 1 is 1.06 bits per heavy atom. The lowest BCUT2D eigenvalue weighted by Gasteiger charge is -2.21. The fraction of sp³-hybridized carbons (Fsp3) is 0.286. The van der Waals surface area contributed by atoms with E-state index in [1.165, 1.54) is 0 Å². The molecule has 1 N–H and O–H groups in total. The largest absolute Gasteiger partial charge is 0.494 e. The van der Waals surface area contributed by atoms with Gasteiger partial charge in [-0.2, -0.15) is 4.98 Å². The van der Waals surface area contributed by atoms with E-state index in [4.69, 9.17) is 18.9 Å². The molecule has 4 aromatic rings. The van der Waals surface area contributed by atoms with Crippen LogP contribution in [0.3, 0.4) is 0 Å². The highest BCUT2D eigenvalue weighted by molar-refractivity contribution is 5.75. The van der Waals surface area contributed by atoms with E-state index in [0.29, 0.717) is 37.9 Å². The normalized spacial score (nSPS) is 11.8. The van der Waals surface area contributed by atoms with Crippen molar-refractivity contribution in [1.29, 1.82) is 0 Å². The Balaban J connectivity index is 1.50. The first-order valence-electron chi connectivity index (χ1n) is 11.8. The summed E-state index contributed by atoms with van der Waals surface area (Å²) in [4.78, 5) is 18.2. The van der Waals surface area contributed by atoms with Crippen molar-refractivity contribution in [2.45, 2.75) is 39.3 Å². The molecule has 182 valence electrons. The van der Waals surface area contributed by atoms with Crippen LogP contribution in [0, 0.1) is 6.92 Å². The quantitative estimate of drug-likeness (QED) is 0.258. The van der Waals surface area contributed by atoms with Gasteiger partial charge in [-0.25, -0.2) is 4.79 Å². The van der Waals surface area contributed by atoms with Crippen molar-refractivity contribution in [2.24, 2.45) is 0 Å². The summed E-state index contributed by atoms with van der Waals surface area (Å²) in [6.45, 7) is 5.56. The van der Waals surface area contributed by atoms with Crippen molar-refractivity contribution in [3.05, 3.63) is 83.9 Å². The van der Waals surface area contributed by atoms with Crippen LogP contribution >= 0.6 is 0 Å². The van der Waals surface area contributed by atoms with Gasteiger partial charge in [0.2, 0.25) is 0 Å². The number of hydrogen-bond donors (Lipinski definition) is 1. The molecular weight excluding hydrogens is 444 g/mol. The summed E-state index contributed by atoms with van der Waals surface area (Å²) < 4.78 is 17.6. The van der Waals surface area contributed by atoms with Gasteiger partial charge >= 0.3 is 5.97 Å². The monoisotopic (exact) mass is 474 g/mol. The van der Waals surface area contributed by atoms with Crippen LogP contribution < -0.4 is 14.4 Å². The minimum atomic E-state index is -0.972. The number of hydrogen-bond acceptors (Lipinski definition) is 6. The van der Waals surface area contributed by atoms with Crippen LogP contribution in [0.4, 0.5) is 6.01 Å². The van der Waals surface area contributed by atoms with Gasteiger partial charge in [-0.3, -0.25) is 0 Å². The fourth-order valence-electron chi connectivity index (χ4n) is 3.78. The number of carboxylic acids is 1. The molecule has 0 aliphatic carbocycles. The fourth-order valence-corrected chi connectivity index (χ4v) is 3.78. The van der Waals surface area contributed by atoms with Gasteiger partial charge < -0.3 is 23.9 Å².